The molecule has 1 aliphatic rings. The van der Waals surface area contributed by atoms with Gasteiger partial charge in [-0.3, -0.25) is 9.69 Å². The van der Waals surface area contributed by atoms with Gasteiger partial charge in [-0.05, 0) is 27.0 Å². The van der Waals surface area contributed by atoms with Crippen molar-refractivity contribution >= 4 is 5.91 Å². The van der Waals surface area contributed by atoms with E-state index in [1.165, 1.54) is 0 Å². The van der Waals surface area contributed by atoms with Crippen LogP contribution in [-0.4, -0.2) is 57.9 Å². The van der Waals surface area contributed by atoms with Crippen LogP contribution in [-0.2, 0) is 5.41 Å². The minimum Gasteiger partial charge on any atom is -0.334 e. The molecule has 1 N–H and O–H groups in total. The Kier molecular flexibility index (Phi) is 4.17. The zero-order valence-electron chi connectivity index (χ0n) is 14.4. The van der Waals surface area contributed by atoms with E-state index in [-0.39, 0.29) is 22.6 Å². The molecule has 1 aromatic heterocycles. The van der Waals surface area contributed by atoms with E-state index in [2.05, 4.69) is 35.8 Å². The Balaban J connectivity index is 2.31. The van der Waals surface area contributed by atoms with Crippen molar-refractivity contribution in [3.63, 3.8) is 0 Å². The summed E-state index contributed by atoms with van der Waals surface area (Å²) in [7, 11) is 2.06. The summed E-state index contributed by atoms with van der Waals surface area (Å²) in [5, 5.41) is 0. The summed E-state index contributed by atoms with van der Waals surface area (Å²) in [5.41, 5.74) is 0.169. The molecule has 6 heteroatoms. The highest BCUT2D eigenvalue weighted by molar-refractivity contribution is 5.92. The van der Waals surface area contributed by atoms with Gasteiger partial charge in [0, 0.05) is 36.3 Å². The largest absolute Gasteiger partial charge is 0.345 e. The highest BCUT2D eigenvalue weighted by atomic mass is 16.2. The third-order valence-electron chi connectivity index (χ3n) is 4.38. The smallest absolute Gasteiger partial charge is 0.334 e. The van der Waals surface area contributed by atoms with Gasteiger partial charge in [0.2, 0.25) is 0 Å². The molecule has 0 saturated carbocycles. The molecule has 2 rings (SSSR count). The maximum atomic E-state index is 12.7. The zero-order valence-corrected chi connectivity index (χ0v) is 14.4. The lowest BCUT2D eigenvalue weighted by molar-refractivity contribution is 0.0306. The van der Waals surface area contributed by atoms with Crippen LogP contribution in [0.1, 0.15) is 50.8 Å². The van der Waals surface area contributed by atoms with E-state index in [4.69, 9.17) is 0 Å². The van der Waals surface area contributed by atoms with Gasteiger partial charge in [0.15, 0.2) is 0 Å². The molecule has 1 fully saturated rings. The summed E-state index contributed by atoms with van der Waals surface area (Å²) < 4.78 is 0. The Labute approximate surface area is 131 Å². The molecular weight excluding hydrogens is 280 g/mol. The lowest BCUT2D eigenvalue weighted by atomic mass is 9.91. The number of aromatic nitrogens is 2. The van der Waals surface area contributed by atoms with Crippen LogP contribution in [0.5, 0.6) is 0 Å². The van der Waals surface area contributed by atoms with Gasteiger partial charge in [-0.25, -0.2) is 4.79 Å². The van der Waals surface area contributed by atoms with E-state index in [1.807, 2.05) is 20.8 Å². The van der Waals surface area contributed by atoms with Crippen LogP contribution < -0.4 is 5.69 Å². The Morgan fingerprint density at radius 2 is 1.95 bits per heavy atom. The second-order valence-electron chi connectivity index (χ2n) is 7.70. The molecular formula is C16H26N4O2. The van der Waals surface area contributed by atoms with Crippen LogP contribution in [0.15, 0.2) is 10.9 Å². The fraction of sp³-hybridized carbons (Fsp3) is 0.688. The number of rotatable bonds is 1. The summed E-state index contributed by atoms with van der Waals surface area (Å²) >= 11 is 0. The number of piperazine rings is 1. The van der Waals surface area contributed by atoms with Crippen LogP contribution in [0.4, 0.5) is 0 Å². The van der Waals surface area contributed by atoms with E-state index >= 15 is 0 Å². The maximum absolute atomic E-state index is 12.7. The first-order valence-corrected chi connectivity index (χ1v) is 7.63. The molecule has 1 amide bonds. The Hall–Kier alpha value is -1.69. The van der Waals surface area contributed by atoms with Gasteiger partial charge >= 0.3 is 5.69 Å². The second-order valence-corrected chi connectivity index (χ2v) is 7.70. The molecule has 0 bridgehead atoms. The fourth-order valence-electron chi connectivity index (χ4n) is 2.55. The summed E-state index contributed by atoms with van der Waals surface area (Å²) in [4.78, 5) is 35.1. The number of likely N-dealkylation sites (N-methyl/N-ethyl adjacent to an activating group) is 1. The van der Waals surface area contributed by atoms with Crippen LogP contribution in [0.2, 0.25) is 0 Å². The van der Waals surface area contributed by atoms with Crippen LogP contribution >= 0.6 is 0 Å². The number of nitrogens with one attached hydrogen (secondary N) is 1. The van der Waals surface area contributed by atoms with Crippen molar-refractivity contribution in [2.45, 2.75) is 45.6 Å². The molecule has 0 aliphatic carbocycles. The van der Waals surface area contributed by atoms with Gasteiger partial charge in [-0.2, -0.15) is 4.98 Å². The predicted molar refractivity (Wildman–Crippen MR) is 86.2 cm³/mol. The zero-order chi connectivity index (χ0) is 16.7. The lowest BCUT2D eigenvalue weighted by Crippen LogP contribution is -2.59. The van der Waals surface area contributed by atoms with Crippen molar-refractivity contribution < 1.29 is 4.79 Å². The Morgan fingerprint density at radius 3 is 2.50 bits per heavy atom. The molecule has 0 atom stereocenters. The van der Waals surface area contributed by atoms with Gasteiger partial charge in [0.1, 0.15) is 5.69 Å². The van der Waals surface area contributed by atoms with Gasteiger partial charge in [0.25, 0.3) is 5.91 Å². The number of nitrogens with zero attached hydrogens (tertiary/aromatic N) is 3. The van der Waals surface area contributed by atoms with Crippen LogP contribution in [0.3, 0.4) is 0 Å². The van der Waals surface area contributed by atoms with Crippen molar-refractivity contribution in [1.29, 1.82) is 0 Å². The average molecular weight is 306 g/mol. The van der Waals surface area contributed by atoms with Gasteiger partial charge in [0.05, 0.1) is 0 Å². The van der Waals surface area contributed by atoms with Gasteiger partial charge in [-0.1, -0.05) is 20.8 Å². The van der Waals surface area contributed by atoms with Crippen LogP contribution in [0, 0.1) is 0 Å². The number of hydrogen-bond donors (Lipinski definition) is 1. The summed E-state index contributed by atoms with van der Waals surface area (Å²) in [6.45, 7) is 12.3. The number of aromatic amines is 1. The minimum absolute atomic E-state index is 0.0814. The first-order chi connectivity index (χ1) is 10.0. The second kappa shape index (κ2) is 5.50. The van der Waals surface area contributed by atoms with Crippen molar-refractivity contribution in [3.8, 4) is 0 Å². The van der Waals surface area contributed by atoms with Crippen molar-refractivity contribution in [2.75, 3.05) is 26.7 Å². The first-order valence-electron chi connectivity index (χ1n) is 7.63. The van der Waals surface area contributed by atoms with Crippen LogP contribution in [0.25, 0.3) is 0 Å². The molecule has 2 heterocycles. The third-order valence-corrected chi connectivity index (χ3v) is 4.38. The van der Waals surface area contributed by atoms with Crippen molar-refractivity contribution in [1.82, 2.24) is 19.8 Å². The number of H-pyrrole nitrogens is 1. The van der Waals surface area contributed by atoms with Crippen molar-refractivity contribution in [2.24, 2.45) is 0 Å². The Morgan fingerprint density at radius 1 is 1.32 bits per heavy atom. The highest BCUT2D eigenvalue weighted by Crippen LogP contribution is 2.22. The topological polar surface area (TPSA) is 69.3 Å². The molecule has 1 saturated heterocycles. The summed E-state index contributed by atoms with van der Waals surface area (Å²) in [5.74, 6) is -0.169. The normalized spacial score (nSPS) is 19.3. The number of carbonyl (C=O) groups excluding carboxylic acids is 1. The third kappa shape index (κ3) is 3.38. The van der Waals surface area contributed by atoms with E-state index < -0.39 is 5.69 Å². The highest BCUT2D eigenvalue weighted by Gasteiger charge is 2.34. The van der Waals surface area contributed by atoms with Gasteiger partial charge < -0.3 is 9.88 Å². The maximum Gasteiger partial charge on any atom is 0.345 e. The van der Waals surface area contributed by atoms with E-state index in [0.717, 1.165) is 12.2 Å². The lowest BCUT2D eigenvalue weighted by Gasteiger charge is -2.45. The summed E-state index contributed by atoms with van der Waals surface area (Å²) in [6, 6.07) is 1.70. The SMILES string of the molecule is CN1CCN(C(=O)c2cc(C(C)(C)C)[nH]c(=O)n2)CC1(C)C. The van der Waals surface area contributed by atoms with E-state index in [1.54, 1.807) is 11.0 Å². The standard InChI is InChI=1S/C16H26N4O2/c1-15(2,3)12-9-11(17-14(22)18-12)13(21)20-8-7-19(6)16(4,5)10-20/h9H,7-8,10H2,1-6H3,(H,17,18,22). The molecule has 0 unspecified atom stereocenters. The molecule has 6 nitrogen and oxygen atoms in total. The van der Waals surface area contributed by atoms with E-state index in [9.17, 15) is 9.59 Å². The quantitative estimate of drug-likeness (QED) is 0.847. The molecule has 1 aliphatic heterocycles. The molecule has 0 spiro atoms. The first kappa shape index (κ1) is 16.7. The average Bonchev–Trinajstić information content (AvgIpc) is 2.39. The molecule has 22 heavy (non-hydrogen) atoms. The Bertz CT molecular complexity index is 628. The van der Waals surface area contributed by atoms with E-state index in [0.29, 0.717) is 13.1 Å². The molecule has 0 radical (unpaired) electrons. The monoisotopic (exact) mass is 306 g/mol. The molecule has 122 valence electrons. The summed E-state index contributed by atoms with van der Waals surface area (Å²) in [6.07, 6.45) is 0. The number of hydrogen-bond acceptors (Lipinski definition) is 4. The van der Waals surface area contributed by atoms with Gasteiger partial charge in [-0.15, -0.1) is 0 Å². The molecule has 1 aromatic rings. The van der Waals surface area contributed by atoms with Crippen molar-refractivity contribution in [3.05, 3.63) is 27.9 Å². The molecule has 0 aromatic carbocycles. The minimum atomic E-state index is -0.468. The fourth-order valence-corrected chi connectivity index (χ4v) is 2.55. The number of amides is 1. The predicted octanol–water partition coefficient (Wildman–Crippen LogP) is 1.23. The number of carbonyl (C=O) groups is 1.